The minimum atomic E-state index is -1.000. The zero-order valence-corrected chi connectivity index (χ0v) is 11.5. The van der Waals surface area contributed by atoms with E-state index < -0.39 is 17.9 Å². The number of hydrogen-bond donors (Lipinski definition) is 2. The molecule has 1 amide bonds. The lowest BCUT2D eigenvalue weighted by molar-refractivity contribution is -0.142. The van der Waals surface area contributed by atoms with Gasteiger partial charge in [0.25, 0.3) is 0 Å². The molecule has 0 aromatic carbocycles. The Morgan fingerprint density at radius 1 is 1.37 bits per heavy atom. The van der Waals surface area contributed by atoms with Gasteiger partial charge in [-0.05, 0) is 30.9 Å². The molecule has 2 atom stereocenters. The van der Waals surface area contributed by atoms with Crippen molar-refractivity contribution in [3.05, 3.63) is 30.1 Å². The fourth-order valence-corrected chi connectivity index (χ4v) is 1.77. The number of carbonyl (C=O) groups is 2. The normalized spacial score (nSPS) is 13.9. The third kappa shape index (κ3) is 4.69. The highest BCUT2D eigenvalue weighted by atomic mass is 16.4. The Labute approximate surface area is 113 Å². The number of carboxylic acids is 1. The SMILES string of the molecule is CC(C)CC(NC(=O)C(C)c1cccnc1)C(=O)O. The molecule has 0 aliphatic rings. The Kier molecular flexibility index (Phi) is 5.48. The van der Waals surface area contributed by atoms with Crippen LogP contribution in [0.2, 0.25) is 0 Å². The third-order valence-corrected chi connectivity index (χ3v) is 2.90. The Morgan fingerprint density at radius 3 is 2.53 bits per heavy atom. The molecule has 5 heteroatoms. The van der Waals surface area contributed by atoms with Crippen molar-refractivity contribution in [1.82, 2.24) is 10.3 Å². The van der Waals surface area contributed by atoms with Crippen molar-refractivity contribution in [3.63, 3.8) is 0 Å². The van der Waals surface area contributed by atoms with Gasteiger partial charge >= 0.3 is 5.97 Å². The number of amides is 1. The van der Waals surface area contributed by atoms with Crippen LogP contribution in [0.3, 0.4) is 0 Å². The van der Waals surface area contributed by atoms with E-state index in [0.717, 1.165) is 5.56 Å². The molecule has 5 nitrogen and oxygen atoms in total. The van der Waals surface area contributed by atoms with Gasteiger partial charge < -0.3 is 10.4 Å². The standard InChI is InChI=1S/C14H20N2O3/c1-9(2)7-12(14(18)19)16-13(17)10(3)11-5-4-6-15-8-11/h4-6,8-10,12H,7H2,1-3H3,(H,16,17)(H,18,19). The molecular weight excluding hydrogens is 244 g/mol. The number of nitrogens with one attached hydrogen (secondary N) is 1. The zero-order valence-electron chi connectivity index (χ0n) is 11.5. The minimum absolute atomic E-state index is 0.204. The maximum absolute atomic E-state index is 12.0. The van der Waals surface area contributed by atoms with Crippen LogP contribution in [-0.4, -0.2) is 28.0 Å². The first-order valence-electron chi connectivity index (χ1n) is 6.35. The van der Waals surface area contributed by atoms with Gasteiger partial charge in [0, 0.05) is 12.4 Å². The van der Waals surface area contributed by atoms with Crippen LogP contribution in [0.4, 0.5) is 0 Å². The topological polar surface area (TPSA) is 79.3 Å². The summed E-state index contributed by atoms with van der Waals surface area (Å²) in [5.41, 5.74) is 0.772. The van der Waals surface area contributed by atoms with E-state index in [9.17, 15) is 9.59 Å². The number of pyridine rings is 1. The Balaban J connectivity index is 2.69. The van der Waals surface area contributed by atoms with E-state index >= 15 is 0 Å². The molecule has 0 aliphatic heterocycles. The van der Waals surface area contributed by atoms with E-state index in [2.05, 4.69) is 10.3 Å². The highest BCUT2D eigenvalue weighted by Gasteiger charge is 2.24. The number of hydrogen-bond acceptors (Lipinski definition) is 3. The van der Waals surface area contributed by atoms with Crippen LogP contribution in [0, 0.1) is 5.92 Å². The second-order valence-corrected chi connectivity index (χ2v) is 5.04. The summed E-state index contributed by atoms with van der Waals surface area (Å²) in [7, 11) is 0. The van der Waals surface area contributed by atoms with Crippen LogP contribution >= 0.6 is 0 Å². The summed E-state index contributed by atoms with van der Waals surface area (Å²) in [5.74, 6) is -1.50. The maximum atomic E-state index is 12.0. The Hall–Kier alpha value is -1.91. The smallest absolute Gasteiger partial charge is 0.326 e. The van der Waals surface area contributed by atoms with Crippen molar-refractivity contribution >= 4 is 11.9 Å². The van der Waals surface area contributed by atoms with Crippen molar-refractivity contribution in [3.8, 4) is 0 Å². The van der Waals surface area contributed by atoms with E-state index in [4.69, 9.17) is 5.11 Å². The summed E-state index contributed by atoms with van der Waals surface area (Å²) >= 11 is 0. The second kappa shape index (κ2) is 6.87. The summed E-state index contributed by atoms with van der Waals surface area (Å²) in [6.45, 7) is 5.58. The van der Waals surface area contributed by atoms with Crippen LogP contribution < -0.4 is 5.32 Å². The van der Waals surface area contributed by atoms with Gasteiger partial charge in [0.15, 0.2) is 0 Å². The van der Waals surface area contributed by atoms with Crippen LogP contribution in [0.5, 0.6) is 0 Å². The van der Waals surface area contributed by atoms with Crippen LogP contribution in [0.1, 0.15) is 38.7 Å². The first kappa shape index (κ1) is 15.1. The first-order valence-corrected chi connectivity index (χ1v) is 6.35. The van der Waals surface area contributed by atoms with Gasteiger partial charge in [0.1, 0.15) is 6.04 Å². The van der Waals surface area contributed by atoms with Gasteiger partial charge in [-0.3, -0.25) is 9.78 Å². The first-order chi connectivity index (χ1) is 8.91. The van der Waals surface area contributed by atoms with Gasteiger partial charge in [0.05, 0.1) is 5.92 Å². The fraction of sp³-hybridized carbons (Fsp3) is 0.500. The fourth-order valence-electron chi connectivity index (χ4n) is 1.77. The largest absolute Gasteiger partial charge is 0.480 e. The Morgan fingerprint density at radius 2 is 2.05 bits per heavy atom. The molecule has 104 valence electrons. The molecule has 0 fully saturated rings. The summed E-state index contributed by atoms with van der Waals surface area (Å²) in [4.78, 5) is 27.1. The molecule has 2 unspecified atom stereocenters. The van der Waals surface area contributed by atoms with Gasteiger partial charge in [-0.25, -0.2) is 4.79 Å². The molecule has 0 spiro atoms. The number of carbonyl (C=O) groups excluding carboxylic acids is 1. The predicted octanol–water partition coefficient (Wildman–Crippen LogP) is 1.80. The molecule has 0 saturated heterocycles. The van der Waals surface area contributed by atoms with Crippen molar-refractivity contribution in [2.45, 2.75) is 39.2 Å². The van der Waals surface area contributed by atoms with Crippen LogP contribution in [-0.2, 0) is 9.59 Å². The number of nitrogens with zero attached hydrogens (tertiary/aromatic N) is 1. The lowest BCUT2D eigenvalue weighted by Crippen LogP contribution is -2.43. The molecule has 0 radical (unpaired) electrons. The maximum Gasteiger partial charge on any atom is 0.326 e. The lowest BCUT2D eigenvalue weighted by atomic mass is 10.00. The number of rotatable bonds is 6. The number of aliphatic carboxylic acids is 1. The summed E-state index contributed by atoms with van der Waals surface area (Å²) < 4.78 is 0. The van der Waals surface area contributed by atoms with Crippen molar-refractivity contribution in [2.75, 3.05) is 0 Å². The van der Waals surface area contributed by atoms with Gasteiger partial charge in [-0.15, -0.1) is 0 Å². The highest BCUT2D eigenvalue weighted by molar-refractivity contribution is 5.87. The van der Waals surface area contributed by atoms with Crippen LogP contribution in [0.25, 0.3) is 0 Å². The molecule has 1 aromatic heterocycles. The highest BCUT2D eigenvalue weighted by Crippen LogP contribution is 2.14. The van der Waals surface area contributed by atoms with Gasteiger partial charge in [-0.2, -0.15) is 0 Å². The molecular formula is C14H20N2O3. The van der Waals surface area contributed by atoms with Gasteiger partial charge in [0.2, 0.25) is 5.91 Å². The van der Waals surface area contributed by atoms with E-state index in [1.54, 1.807) is 31.5 Å². The Bertz CT molecular complexity index is 432. The molecule has 19 heavy (non-hydrogen) atoms. The molecule has 1 heterocycles. The number of aromatic nitrogens is 1. The van der Waals surface area contributed by atoms with E-state index in [0.29, 0.717) is 6.42 Å². The number of carboxylic acid groups (broad SMARTS) is 1. The van der Waals surface area contributed by atoms with Crippen molar-refractivity contribution in [1.29, 1.82) is 0 Å². The second-order valence-electron chi connectivity index (χ2n) is 5.04. The zero-order chi connectivity index (χ0) is 14.4. The summed E-state index contributed by atoms with van der Waals surface area (Å²) in [5, 5.41) is 11.7. The quantitative estimate of drug-likeness (QED) is 0.821. The van der Waals surface area contributed by atoms with E-state index in [-0.39, 0.29) is 11.8 Å². The van der Waals surface area contributed by atoms with E-state index in [1.165, 1.54) is 0 Å². The van der Waals surface area contributed by atoms with Crippen molar-refractivity contribution < 1.29 is 14.7 Å². The summed E-state index contributed by atoms with van der Waals surface area (Å²) in [6, 6.07) is 2.71. The predicted molar refractivity (Wildman–Crippen MR) is 71.7 cm³/mol. The van der Waals surface area contributed by atoms with E-state index in [1.807, 2.05) is 13.8 Å². The lowest BCUT2D eigenvalue weighted by Gasteiger charge is -2.19. The molecule has 1 rings (SSSR count). The molecule has 2 N–H and O–H groups in total. The average Bonchev–Trinajstić information content (AvgIpc) is 2.37. The average molecular weight is 264 g/mol. The molecule has 0 bridgehead atoms. The molecule has 0 aliphatic carbocycles. The monoisotopic (exact) mass is 264 g/mol. The van der Waals surface area contributed by atoms with Gasteiger partial charge in [-0.1, -0.05) is 19.9 Å². The van der Waals surface area contributed by atoms with Crippen molar-refractivity contribution in [2.24, 2.45) is 5.92 Å². The van der Waals surface area contributed by atoms with Crippen LogP contribution in [0.15, 0.2) is 24.5 Å². The minimum Gasteiger partial charge on any atom is -0.480 e. The summed E-state index contributed by atoms with van der Waals surface area (Å²) in [6.07, 6.45) is 3.66. The molecule has 0 saturated carbocycles. The third-order valence-electron chi connectivity index (χ3n) is 2.90. The molecule has 1 aromatic rings.